The van der Waals surface area contributed by atoms with Crippen molar-refractivity contribution in [2.45, 2.75) is 19.4 Å². The van der Waals surface area contributed by atoms with Crippen LogP contribution in [-0.4, -0.2) is 26.9 Å². The fourth-order valence-corrected chi connectivity index (χ4v) is 3.58. The molecule has 1 atom stereocenters. The molecule has 120 valence electrons. The van der Waals surface area contributed by atoms with E-state index in [1.165, 1.54) is 5.56 Å². The lowest BCUT2D eigenvalue weighted by Gasteiger charge is -2.21. The van der Waals surface area contributed by atoms with E-state index < -0.39 is 0 Å². The average Bonchev–Trinajstić information content (AvgIpc) is 3.18. The van der Waals surface area contributed by atoms with Crippen molar-refractivity contribution in [1.29, 1.82) is 0 Å². The molecule has 1 aromatic heterocycles. The van der Waals surface area contributed by atoms with Crippen LogP contribution in [0.3, 0.4) is 0 Å². The van der Waals surface area contributed by atoms with Crippen molar-refractivity contribution in [3.63, 3.8) is 0 Å². The molecule has 3 aromatic rings. The van der Waals surface area contributed by atoms with E-state index in [1.54, 1.807) is 10.9 Å². The summed E-state index contributed by atoms with van der Waals surface area (Å²) in [5.74, 6) is -0.120. The Bertz CT molecular complexity index is 921. The number of nitrogens with zero attached hydrogens (tertiary/aromatic N) is 4. The maximum Gasteiger partial charge on any atom is 0.280 e. The van der Waals surface area contributed by atoms with Crippen LogP contribution < -0.4 is 4.90 Å². The van der Waals surface area contributed by atoms with Gasteiger partial charge in [-0.2, -0.15) is 0 Å². The number of benzene rings is 2. The quantitative estimate of drug-likeness (QED) is 0.679. The molecule has 6 heteroatoms. The third-order valence-electron chi connectivity index (χ3n) is 4.24. The van der Waals surface area contributed by atoms with Crippen molar-refractivity contribution in [2.75, 3.05) is 4.90 Å². The monoisotopic (exact) mass is 382 g/mol. The molecule has 1 aliphatic heterocycles. The van der Waals surface area contributed by atoms with Gasteiger partial charge in [0.25, 0.3) is 5.91 Å². The van der Waals surface area contributed by atoms with Crippen molar-refractivity contribution < 1.29 is 4.79 Å². The van der Waals surface area contributed by atoms with Crippen LogP contribution in [0.15, 0.2) is 59.2 Å². The lowest BCUT2D eigenvalue weighted by atomic mass is 10.1. The van der Waals surface area contributed by atoms with Crippen LogP contribution in [0, 0.1) is 0 Å². The van der Waals surface area contributed by atoms with Gasteiger partial charge in [0.1, 0.15) is 0 Å². The van der Waals surface area contributed by atoms with Crippen molar-refractivity contribution >= 4 is 27.5 Å². The zero-order valence-electron chi connectivity index (χ0n) is 13.1. The van der Waals surface area contributed by atoms with E-state index in [0.717, 1.165) is 22.3 Å². The fraction of sp³-hybridized carbons (Fsp3) is 0.167. The Kier molecular flexibility index (Phi) is 3.69. The van der Waals surface area contributed by atoms with Gasteiger partial charge in [-0.15, -0.1) is 5.10 Å². The standard InChI is InChI=1S/C18H15BrN4O/c1-12-10-13-6-2-4-8-16(13)23(12)18(24)15-11-22(21-20-15)17-9-5-3-7-14(17)19/h2-9,11-12H,10H2,1H3. The van der Waals surface area contributed by atoms with Crippen LogP contribution in [0.25, 0.3) is 5.69 Å². The second-order valence-electron chi connectivity index (χ2n) is 5.86. The Balaban J connectivity index is 1.68. The predicted molar refractivity (Wildman–Crippen MR) is 95.5 cm³/mol. The van der Waals surface area contributed by atoms with Crippen molar-refractivity contribution in [2.24, 2.45) is 0 Å². The summed E-state index contributed by atoms with van der Waals surface area (Å²) in [6, 6.07) is 15.8. The first-order valence-corrected chi connectivity index (χ1v) is 8.53. The number of rotatable bonds is 2. The number of para-hydroxylation sites is 2. The molecule has 5 nitrogen and oxygen atoms in total. The van der Waals surface area contributed by atoms with Gasteiger partial charge in [0.2, 0.25) is 0 Å². The van der Waals surface area contributed by atoms with E-state index in [-0.39, 0.29) is 11.9 Å². The van der Waals surface area contributed by atoms with Crippen molar-refractivity contribution in [1.82, 2.24) is 15.0 Å². The van der Waals surface area contributed by atoms with Gasteiger partial charge in [0, 0.05) is 16.2 Å². The van der Waals surface area contributed by atoms with E-state index in [1.807, 2.05) is 47.4 Å². The Labute approximate surface area is 148 Å². The largest absolute Gasteiger partial charge is 0.304 e. The van der Waals surface area contributed by atoms with E-state index in [2.05, 4.69) is 39.2 Å². The Morgan fingerprint density at radius 3 is 2.62 bits per heavy atom. The molecule has 1 aliphatic rings. The summed E-state index contributed by atoms with van der Waals surface area (Å²) < 4.78 is 2.51. The normalized spacial score (nSPS) is 16.2. The maximum absolute atomic E-state index is 12.9. The fourth-order valence-electron chi connectivity index (χ4n) is 3.12. The van der Waals surface area contributed by atoms with Gasteiger partial charge >= 0.3 is 0 Å². The summed E-state index contributed by atoms with van der Waals surface area (Å²) in [6.07, 6.45) is 2.54. The summed E-state index contributed by atoms with van der Waals surface area (Å²) in [7, 11) is 0. The number of amides is 1. The van der Waals surface area contributed by atoms with Crippen LogP contribution >= 0.6 is 15.9 Å². The minimum atomic E-state index is -0.120. The number of fused-ring (bicyclic) bond motifs is 1. The van der Waals surface area contributed by atoms with Gasteiger partial charge < -0.3 is 4.90 Å². The third-order valence-corrected chi connectivity index (χ3v) is 4.91. The van der Waals surface area contributed by atoms with Crippen LogP contribution in [0.5, 0.6) is 0 Å². The molecule has 0 saturated carbocycles. The molecule has 2 heterocycles. The summed E-state index contributed by atoms with van der Waals surface area (Å²) in [5.41, 5.74) is 3.34. The maximum atomic E-state index is 12.9. The lowest BCUT2D eigenvalue weighted by Crippen LogP contribution is -2.35. The Morgan fingerprint density at radius 1 is 1.12 bits per heavy atom. The van der Waals surface area contributed by atoms with Crippen LogP contribution in [0.2, 0.25) is 0 Å². The molecule has 0 saturated heterocycles. The first kappa shape index (κ1) is 15.1. The number of carbonyl (C=O) groups is 1. The number of aromatic nitrogens is 3. The molecule has 4 rings (SSSR count). The second kappa shape index (κ2) is 5.87. The zero-order valence-corrected chi connectivity index (χ0v) is 14.6. The van der Waals surface area contributed by atoms with Crippen LogP contribution in [0.1, 0.15) is 23.0 Å². The highest BCUT2D eigenvalue weighted by Gasteiger charge is 2.32. The predicted octanol–water partition coefficient (Wildman–Crippen LogP) is 3.62. The third kappa shape index (κ3) is 2.43. The molecule has 1 unspecified atom stereocenters. The van der Waals surface area contributed by atoms with Gasteiger partial charge in [-0.1, -0.05) is 35.5 Å². The van der Waals surface area contributed by atoms with Crippen molar-refractivity contribution in [3.05, 3.63) is 70.5 Å². The highest BCUT2D eigenvalue weighted by Crippen LogP contribution is 2.32. The van der Waals surface area contributed by atoms with Crippen LogP contribution in [0.4, 0.5) is 5.69 Å². The van der Waals surface area contributed by atoms with Gasteiger partial charge in [-0.05, 0) is 53.0 Å². The summed E-state index contributed by atoms with van der Waals surface area (Å²) in [6.45, 7) is 2.05. The summed E-state index contributed by atoms with van der Waals surface area (Å²) in [5, 5.41) is 8.20. The number of hydrogen-bond donors (Lipinski definition) is 0. The molecule has 2 aromatic carbocycles. The lowest BCUT2D eigenvalue weighted by molar-refractivity contribution is 0.0976. The molecule has 0 radical (unpaired) electrons. The Hall–Kier alpha value is -2.47. The molecule has 0 spiro atoms. The molecular weight excluding hydrogens is 368 g/mol. The highest BCUT2D eigenvalue weighted by atomic mass is 79.9. The van der Waals surface area contributed by atoms with E-state index in [9.17, 15) is 4.79 Å². The van der Waals surface area contributed by atoms with Gasteiger partial charge in [0.05, 0.1) is 11.9 Å². The minimum absolute atomic E-state index is 0.114. The molecular formula is C18H15BrN4O. The first-order valence-electron chi connectivity index (χ1n) is 7.74. The van der Waals surface area contributed by atoms with Gasteiger partial charge in [0.15, 0.2) is 5.69 Å². The molecule has 24 heavy (non-hydrogen) atoms. The van der Waals surface area contributed by atoms with Crippen LogP contribution in [-0.2, 0) is 6.42 Å². The van der Waals surface area contributed by atoms with E-state index >= 15 is 0 Å². The number of halogens is 1. The van der Waals surface area contributed by atoms with E-state index in [4.69, 9.17) is 0 Å². The molecule has 0 bridgehead atoms. The molecule has 0 fully saturated rings. The average molecular weight is 383 g/mol. The van der Waals surface area contributed by atoms with Gasteiger partial charge in [-0.25, -0.2) is 4.68 Å². The smallest absolute Gasteiger partial charge is 0.280 e. The molecule has 0 N–H and O–H groups in total. The van der Waals surface area contributed by atoms with Crippen molar-refractivity contribution in [3.8, 4) is 5.69 Å². The highest BCUT2D eigenvalue weighted by molar-refractivity contribution is 9.10. The summed E-state index contributed by atoms with van der Waals surface area (Å²) >= 11 is 3.49. The first-order chi connectivity index (χ1) is 11.6. The Morgan fingerprint density at radius 2 is 1.83 bits per heavy atom. The number of carbonyl (C=O) groups excluding carboxylic acids is 1. The SMILES string of the molecule is CC1Cc2ccccc2N1C(=O)c1cn(-c2ccccc2Br)nn1. The molecule has 0 aliphatic carbocycles. The topological polar surface area (TPSA) is 51.0 Å². The summed E-state index contributed by atoms with van der Waals surface area (Å²) in [4.78, 5) is 14.8. The second-order valence-corrected chi connectivity index (χ2v) is 6.71. The number of hydrogen-bond acceptors (Lipinski definition) is 3. The molecule has 1 amide bonds. The number of anilines is 1. The minimum Gasteiger partial charge on any atom is -0.304 e. The van der Waals surface area contributed by atoms with E-state index in [0.29, 0.717) is 5.69 Å². The van der Waals surface area contributed by atoms with Gasteiger partial charge in [-0.3, -0.25) is 4.79 Å². The zero-order chi connectivity index (χ0) is 16.7.